The molecule has 1 heterocycles. The third-order valence-electron chi connectivity index (χ3n) is 5.69. The van der Waals surface area contributed by atoms with E-state index in [4.69, 9.17) is 5.26 Å². The van der Waals surface area contributed by atoms with Gasteiger partial charge in [-0.05, 0) is 61.7 Å². The monoisotopic (exact) mass is 498 g/mol. The van der Waals surface area contributed by atoms with Crippen LogP contribution in [0.1, 0.15) is 58.9 Å². The van der Waals surface area contributed by atoms with Crippen LogP contribution in [0.5, 0.6) is 0 Å². The molecule has 4 rings (SSSR count). The molecule has 0 saturated heterocycles. The van der Waals surface area contributed by atoms with Crippen LogP contribution >= 0.6 is 0 Å². The summed E-state index contributed by atoms with van der Waals surface area (Å²) in [7, 11) is 0. The highest BCUT2D eigenvalue weighted by molar-refractivity contribution is 6.10. The molecule has 3 aromatic rings. The number of hydrogen-bond donors (Lipinski definition) is 2. The molecule has 36 heavy (non-hydrogen) atoms. The number of aliphatic imine (C=N–C) groups is 1. The van der Waals surface area contributed by atoms with Gasteiger partial charge in [0, 0.05) is 17.3 Å². The lowest BCUT2D eigenvalue weighted by molar-refractivity contribution is -0.141. The van der Waals surface area contributed by atoms with Gasteiger partial charge in [0.05, 0.1) is 17.7 Å². The predicted octanol–water partition coefficient (Wildman–Crippen LogP) is 5.87. The second-order valence-corrected chi connectivity index (χ2v) is 8.52. The van der Waals surface area contributed by atoms with Gasteiger partial charge in [0.1, 0.15) is 5.82 Å². The highest BCUT2D eigenvalue weighted by atomic mass is 19.4. The fraction of sp³-hybridized carbons (Fsp3) is 0.280. The zero-order valence-corrected chi connectivity index (χ0v) is 19.2. The molecule has 0 unspecified atom stereocenters. The molecule has 1 saturated carbocycles. The van der Waals surface area contributed by atoms with Crippen molar-refractivity contribution in [2.45, 2.75) is 44.8 Å². The molecule has 0 atom stereocenters. The van der Waals surface area contributed by atoms with E-state index in [1.807, 2.05) is 6.07 Å². The Morgan fingerprint density at radius 1 is 1.17 bits per heavy atom. The summed E-state index contributed by atoms with van der Waals surface area (Å²) in [5.74, 6) is -1.52. The first-order valence-corrected chi connectivity index (χ1v) is 11.2. The Balaban J connectivity index is 1.75. The van der Waals surface area contributed by atoms with Gasteiger partial charge in [0.15, 0.2) is 11.5 Å². The van der Waals surface area contributed by atoms with Crippen molar-refractivity contribution < 1.29 is 22.4 Å². The van der Waals surface area contributed by atoms with Gasteiger partial charge in [-0.1, -0.05) is 18.9 Å². The fourth-order valence-corrected chi connectivity index (χ4v) is 4.08. The molecule has 0 radical (unpaired) electrons. The number of halogens is 4. The third kappa shape index (κ3) is 5.89. The van der Waals surface area contributed by atoms with Gasteiger partial charge in [0.25, 0.3) is 5.91 Å². The minimum absolute atomic E-state index is 0.101. The molecule has 7 nitrogen and oxygen atoms in total. The normalized spacial score (nSPS) is 14.5. The van der Waals surface area contributed by atoms with Gasteiger partial charge in [-0.25, -0.2) is 9.07 Å². The minimum Gasteiger partial charge on any atom is -0.326 e. The van der Waals surface area contributed by atoms with Gasteiger partial charge in [-0.15, -0.1) is 0 Å². The van der Waals surface area contributed by atoms with Crippen LogP contribution in [0.25, 0.3) is 0 Å². The number of aryl methyl sites for hydroxylation is 1. The van der Waals surface area contributed by atoms with Crippen molar-refractivity contribution in [1.82, 2.24) is 15.1 Å². The summed E-state index contributed by atoms with van der Waals surface area (Å²) in [6.45, 7) is 1.67. The van der Waals surface area contributed by atoms with Crippen molar-refractivity contribution in [3.63, 3.8) is 0 Å². The summed E-state index contributed by atoms with van der Waals surface area (Å²) in [4.78, 5) is 17.2. The zero-order valence-electron chi connectivity index (χ0n) is 19.2. The molecule has 0 bridgehead atoms. The Morgan fingerprint density at radius 3 is 2.58 bits per heavy atom. The predicted molar refractivity (Wildman–Crippen MR) is 125 cm³/mol. The number of nitrogens with zero attached hydrogens (tertiary/aromatic N) is 4. The van der Waals surface area contributed by atoms with Gasteiger partial charge in [0.2, 0.25) is 5.96 Å². The Kier molecular flexibility index (Phi) is 7.05. The number of carbonyl (C=O) groups excluding carboxylic acids is 1. The Bertz CT molecular complexity index is 1330. The number of alkyl halides is 3. The second-order valence-electron chi connectivity index (χ2n) is 8.52. The molecular weight excluding hydrogens is 476 g/mol. The highest BCUT2D eigenvalue weighted by Crippen LogP contribution is 2.37. The molecule has 0 spiro atoms. The maximum absolute atomic E-state index is 14.0. The number of benzene rings is 2. The van der Waals surface area contributed by atoms with E-state index in [1.54, 1.807) is 13.0 Å². The average molecular weight is 498 g/mol. The van der Waals surface area contributed by atoms with Crippen molar-refractivity contribution in [3.05, 3.63) is 76.7 Å². The number of anilines is 1. The summed E-state index contributed by atoms with van der Waals surface area (Å²) in [6.07, 6.45) is -1.66. The van der Waals surface area contributed by atoms with Crippen LogP contribution in [-0.4, -0.2) is 21.6 Å². The van der Waals surface area contributed by atoms with Crippen LogP contribution in [0.2, 0.25) is 0 Å². The van der Waals surface area contributed by atoms with Crippen molar-refractivity contribution in [2.75, 3.05) is 5.32 Å². The average Bonchev–Trinajstić information content (AvgIpc) is 3.48. The van der Waals surface area contributed by atoms with Crippen LogP contribution in [-0.2, 0) is 6.18 Å². The Hall–Kier alpha value is -4.20. The van der Waals surface area contributed by atoms with Crippen molar-refractivity contribution in [2.24, 2.45) is 4.99 Å². The summed E-state index contributed by atoms with van der Waals surface area (Å²) in [5.41, 5.74) is 0.117. The molecule has 1 fully saturated rings. The van der Waals surface area contributed by atoms with Crippen LogP contribution in [0.4, 0.5) is 29.1 Å². The maximum Gasteiger partial charge on any atom is 0.435 e. The summed E-state index contributed by atoms with van der Waals surface area (Å²) in [5, 5.41) is 18.2. The molecule has 11 heteroatoms. The quantitative estimate of drug-likeness (QED) is 0.267. The smallest absolute Gasteiger partial charge is 0.326 e. The van der Waals surface area contributed by atoms with E-state index in [0.717, 1.165) is 18.9 Å². The highest BCUT2D eigenvalue weighted by Gasteiger charge is 2.36. The first-order valence-electron chi connectivity index (χ1n) is 11.2. The second kappa shape index (κ2) is 10.2. The van der Waals surface area contributed by atoms with E-state index < -0.39 is 23.6 Å². The van der Waals surface area contributed by atoms with Crippen molar-refractivity contribution >= 4 is 23.4 Å². The SMILES string of the molecule is Cc1cc(F)cc(NC(=Nc2cc(C(F)(F)F)nn2C2CCCC2)NC(=O)c2cccc(C#N)c2)c1. The summed E-state index contributed by atoms with van der Waals surface area (Å²) < 4.78 is 55.6. The molecule has 0 aliphatic heterocycles. The summed E-state index contributed by atoms with van der Waals surface area (Å²) in [6, 6.07) is 12.5. The topological polar surface area (TPSA) is 95.1 Å². The lowest BCUT2D eigenvalue weighted by Gasteiger charge is -2.15. The first-order chi connectivity index (χ1) is 17.1. The van der Waals surface area contributed by atoms with Gasteiger partial charge >= 0.3 is 6.18 Å². The van der Waals surface area contributed by atoms with Crippen LogP contribution in [0, 0.1) is 24.1 Å². The van der Waals surface area contributed by atoms with E-state index in [0.29, 0.717) is 18.4 Å². The number of nitrogens with one attached hydrogen (secondary N) is 2. The number of rotatable bonds is 4. The van der Waals surface area contributed by atoms with E-state index in [9.17, 15) is 22.4 Å². The Labute approximate surface area is 204 Å². The van der Waals surface area contributed by atoms with Gasteiger partial charge in [-0.3, -0.25) is 10.1 Å². The molecule has 2 N–H and O–H groups in total. The molecule has 186 valence electrons. The molecule has 2 aromatic carbocycles. The summed E-state index contributed by atoms with van der Waals surface area (Å²) >= 11 is 0. The Morgan fingerprint density at radius 2 is 1.92 bits per heavy atom. The van der Waals surface area contributed by atoms with E-state index in [1.165, 1.54) is 41.1 Å². The largest absolute Gasteiger partial charge is 0.435 e. The number of aromatic nitrogens is 2. The number of guanidine groups is 1. The number of hydrogen-bond acceptors (Lipinski definition) is 4. The molecule has 1 aromatic heterocycles. The molecule has 1 aliphatic rings. The lowest BCUT2D eigenvalue weighted by atomic mass is 10.1. The number of carbonyl (C=O) groups is 1. The van der Waals surface area contributed by atoms with Crippen LogP contribution in [0.15, 0.2) is 53.5 Å². The van der Waals surface area contributed by atoms with Crippen molar-refractivity contribution in [3.8, 4) is 6.07 Å². The van der Waals surface area contributed by atoms with Crippen molar-refractivity contribution in [1.29, 1.82) is 5.26 Å². The van der Waals surface area contributed by atoms with Crippen LogP contribution < -0.4 is 10.6 Å². The standard InChI is InChI=1S/C25H22F4N6O/c1-15-9-18(26)12-19(10-15)31-24(33-23(36)17-6-4-5-16(11-17)14-30)32-22-13-21(25(27,28)29)34-35(22)20-7-2-3-8-20/h4-6,9-13,20H,2-3,7-8H2,1H3,(H2,31,32,33,36). The van der Waals surface area contributed by atoms with E-state index in [-0.39, 0.29) is 34.6 Å². The fourth-order valence-electron chi connectivity index (χ4n) is 4.08. The lowest BCUT2D eigenvalue weighted by Crippen LogP contribution is -2.36. The number of nitriles is 1. The first kappa shape index (κ1) is 24.9. The number of amides is 1. The minimum atomic E-state index is -4.68. The van der Waals surface area contributed by atoms with Gasteiger partial charge < -0.3 is 5.32 Å². The van der Waals surface area contributed by atoms with Gasteiger partial charge in [-0.2, -0.15) is 28.5 Å². The maximum atomic E-state index is 14.0. The third-order valence-corrected chi connectivity index (χ3v) is 5.69. The molecule has 1 aliphatic carbocycles. The van der Waals surface area contributed by atoms with Crippen LogP contribution in [0.3, 0.4) is 0 Å². The van der Waals surface area contributed by atoms with E-state index in [2.05, 4.69) is 20.7 Å². The van der Waals surface area contributed by atoms with E-state index >= 15 is 0 Å². The zero-order chi connectivity index (χ0) is 25.9. The molecule has 1 amide bonds. The molecular formula is C25H22F4N6O.